The third-order valence-corrected chi connectivity index (χ3v) is 7.84. The molecule has 1 heterocycles. The summed E-state index contributed by atoms with van der Waals surface area (Å²) in [6, 6.07) is 12.7. The maximum atomic E-state index is 12.9. The molecule has 1 N–H and O–H groups in total. The summed E-state index contributed by atoms with van der Waals surface area (Å²) in [7, 11) is -3.79. The Morgan fingerprint density at radius 1 is 0.931 bits per heavy atom. The van der Waals surface area contributed by atoms with Crippen LogP contribution in [0.3, 0.4) is 0 Å². The summed E-state index contributed by atoms with van der Waals surface area (Å²) in [5.41, 5.74) is 0.847. The monoisotopic (exact) mass is 472 g/mol. The molecule has 148 valence electrons. The third kappa shape index (κ3) is 2.93. The van der Waals surface area contributed by atoms with Crippen LogP contribution < -0.4 is 9.62 Å². The van der Waals surface area contributed by atoms with E-state index in [4.69, 9.17) is 0 Å². The number of imide groups is 1. The van der Waals surface area contributed by atoms with Crippen molar-refractivity contribution >= 4 is 49.1 Å². The van der Waals surface area contributed by atoms with E-state index in [2.05, 4.69) is 20.7 Å². The van der Waals surface area contributed by atoms with Crippen LogP contribution in [-0.4, -0.2) is 20.2 Å². The molecule has 4 atom stereocenters. The summed E-state index contributed by atoms with van der Waals surface area (Å²) in [4.78, 5) is 27.0. The number of hydrogen-bond acceptors (Lipinski definition) is 4. The number of amides is 2. The van der Waals surface area contributed by atoms with E-state index in [0.29, 0.717) is 11.4 Å². The lowest BCUT2D eigenvalue weighted by atomic mass is 9.85. The van der Waals surface area contributed by atoms with Crippen LogP contribution in [0.15, 0.2) is 70.1 Å². The average molecular weight is 473 g/mol. The smallest absolute Gasteiger partial charge is 0.261 e. The van der Waals surface area contributed by atoms with Gasteiger partial charge in [-0.1, -0.05) is 34.1 Å². The second kappa shape index (κ2) is 6.53. The average Bonchev–Trinajstić information content (AvgIpc) is 3.35. The number of nitrogens with zero attached hydrogens (tertiary/aromatic N) is 1. The molecule has 8 heteroatoms. The Bertz CT molecular complexity index is 1130. The molecule has 0 radical (unpaired) electrons. The zero-order valence-electron chi connectivity index (χ0n) is 15.2. The molecule has 2 bridgehead atoms. The number of sulfonamides is 1. The van der Waals surface area contributed by atoms with Gasteiger partial charge in [-0.05, 0) is 60.7 Å². The second-order valence-electron chi connectivity index (χ2n) is 7.62. The molecular weight excluding hydrogens is 456 g/mol. The highest BCUT2D eigenvalue weighted by Crippen LogP contribution is 2.53. The number of hydrogen-bond donors (Lipinski definition) is 1. The lowest BCUT2D eigenvalue weighted by Gasteiger charge is -2.17. The molecule has 6 nitrogen and oxygen atoms in total. The van der Waals surface area contributed by atoms with E-state index in [1.807, 2.05) is 12.2 Å². The Kier molecular flexibility index (Phi) is 4.18. The van der Waals surface area contributed by atoms with E-state index < -0.39 is 10.0 Å². The SMILES string of the molecule is O=C1[C@@H]2[C@H](C(=O)N1c1ccc(S(=O)(=O)Nc3cccc(Br)c3)cc1)[C@H]1C=C[C@H]2C1. The fraction of sp³-hybridized carbons (Fsp3) is 0.238. The molecule has 0 aromatic heterocycles. The maximum Gasteiger partial charge on any atom is 0.261 e. The van der Waals surface area contributed by atoms with Crippen molar-refractivity contribution in [2.24, 2.45) is 23.7 Å². The van der Waals surface area contributed by atoms with Gasteiger partial charge in [0.1, 0.15) is 0 Å². The van der Waals surface area contributed by atoms with Gasteiger partial charge in [0.2, 0.25) is 11.8 Å². The predicted molar refractivity (Wildman–Crippen MR) is 112 cm³/mol. The van der Waals surface area contributed by atoms with E-state index in [0.717, 1.165) is 10.9 Å². The summed E-state index contributed by atoms with van der Waals surface area (Å²) in [5, 5.41) is 0. The van der Waals surface area contributed by atoms with Crippen molar-refractivity contribution in [3.8, 4) is 0 Å². The summed E-state index contributed by atoms with van der Waals surface area (Å²) in [5.74, 6) is -0.640. The molecule has 1 aliphatic heterocycles. The van der Waals surface area contributed by atoms with E-state index in [-0.39, 0.29) is 40.4 Å². The first-order valence-corrected chi connectivity index (χ1v) is 11.6. The minimum Gasteiger partial charge on any atom is -0.280 e. The zero-order valence-corrected chi connectivity index (χ0v) is 17.6. The van der Waals surface area contributed by atoms with Crippen LogP contribution in [0.1, 0.15) is 6.42 Å². The highest BCUT2D eigenvalue weighted by Gasteiger charge is 2.59. The van der Waals surface area contributed by atoms with Crippen molar-refractivity contribution in [3.63, 3.8) is 0 Å². The van der Waals surface area contributed by atoms with E-state index >= 15 is 0 Å². The van der Waals surface area contributed by atoms with Crippen molar-refractivity contribution < 1.29 is 18.0 Å². The second-order valence-corrected chi connectivity index (χ2v) is 10.2. The zero-order chi connectivity index (χ0) is 20.3. The molecule has 2 amide bonds. The van der Waals surface area contributed by atoms with Crippen molar-refractivity contribution in [2.75, 3.05) is 9.62 Å². The molecule has 0 unspecified atom stereocenters. The van der Waals surface area contributed by atoms with Crippen LogP contribution in [0, 0.1) is 23.7 Å². The first kappa shape index (κ1) is 18.6. The quantitative estimate of drug-likeness (QED) is 0.544. The molecule has 0 spiro atoms. The standard InChI is InChI=1S/C21H17BrN2O4S/c22-14-2-1-3-15(11-14)23-29(27,28)17-8-6-16(7-9-17)24-20(25)18-12-4-5-13(10-12)19(18)21(24)26/h1-9,11-13,18-19,23H,10H2/t12-,13-,18-,19+/m0/s1. The van der Waals surface area contributed by atoms with Crippen LogP contribution in [-0.2, 0) is 19.6 Å². The molecule has 2 aliphatic carbocycles. The van der Waals surface area contributed by atoms with E-state index in [9.17, 15) is 18.0 Å². The van der Waals surface area contributed by atoms with Crippen molar-refractivity contribution in [2.45, 2.75) is 11.3 Å². The number of nitrogens with one attached hydrogen (secondary N) is 1. The lowest BCUT2D eigenvalue weighted by molar-refractivity contribution is -0.123. The number of rotatable bonds is 4. The molecular formula is C21H17BrN2O4S. The van der Waals surface area contributed by atoms with Crippen molar-refractivity contribution in [3.05, 3.63) is 65.2 Å². The van der Waals surface area contributed by atoms with Gasteiger partial charge >= 0.3 is 0 Å². The molecule has 2 fully saturated rings. The number of anilines is 2. The first-order valence-electron chi connectivity index (χ1n) is 9.30. The Labute approximate surface area is 176 Å². The Morgan fingerprint density at radius 2 is 1.55 bits per heavy atom. The highest BCUT2D eigenvalue weighted by molar-refractivity contribution is 9.10. The van der Waals surface area contributed by atoms with Gasteiger partial charge in [0, 0.05) is 10.2 Å². The minimum atomic E-state index is -3.79. The Balaban J connectivity index is 1.39. The number of halogens is 1. The normalized spacial score (nSPS) is 27.6. The number of allylic oxidation sites excluding steroid dienone is 2. The number of carbonyl (C=O) groups is 2. The molecule has 2 aromatic carbocycles. The van der Waals surface area contributed by atoms with Crippen LogP contribution >= 0.6 is 15.9 Å². The number of fused-ring (bicyclic) bond motifs is 5. The third-order valence-electron chi connectivity index (χ3n) is 5.95. The van der Waals surface area contributed by atoms with Gasteiger partial charge in [-0.15, -0.1) is 0 Å². The Morgan fingerprint density at radius 3 is 2.14 bits per heavy atom. The predicted octanol–water partition coefficient (Wildman–Crippen LogP) is 3.56. The van der Waals surface area contributed by atoms with Crippen molar-refractivity contribution in [1.29, 1.82) is 0 Å². The molecule has 5 rings (SSSR count). The van der Waals surface area contributed by atoms with E-state index in [1.165, 1.54) is 29.2 Å². The summed E-state index contributed by atoms with van der Waals surface area (Å²) in [6.07, 6.45) is 4.96. The van der Waals surface area contributed by atoms with Gasteiger partial charge < -0.3 is 0 Å². The maximum absolute atomic E-state index is 12.9. The fourth-order valence-corrected chi connectivity index (χ4v) is 6.15. The van der Waals surface area contributed by atoms with Gasteiger partial charge in [-0.3, -0.25) is 19.2 Å². The fourth-order valence-electron chi connectivity index (χ4n) is 4.70. The molecule has 1 saturated carbocycles. The van der Waals surface area contributed by atoms with Crippen LogP contribution in [0.2, 0.25) is 0 Å². The van der Waals surface area contributed by atoms with Crippen LogP contribution in [0.25, 0.3) is 0 Å². The van der Waals surface area contributed by atoms with E-state index in [1.54, 1.807) is 24.3 Å². The topological polar surface area (TPSA) is 83.6 Å². The number of carbonyl (C=O) groups excluding carboxylic acids is 2. The van der Waals surface area contributed by atoms with Crippen molar-refractivity contribution in [1.82, 2.24) is 0 Å². The van der Waals surface area contributed by atoms with Gasteiger partial charge in [0.15, 0.2) is 0 Å². The summed E-state index contributed by atoms with van der Waals surface area (Å²) >= 11 is 3.31. The molecule has 1 saturated heterocycles. The highest BCUT2D eigenvalue weighted by atomic mass is 79.9. The number of benzene rings is 2. The molecule has 3 aliphatic rings. The van der Waals surface area contributed by atoms with Gasteiger partial charge in [-0.2, -0.15) is 0 Å². The van der Waals surface area contributed by atoms with Gasteiger partial charge in [-0.25, -0.2) is 8.42 Å². The van der Waals surface area contributed by atoms with Gasteiger partial charge in [0.05, 0.1) is 22.4 Å². The largest absolute Gasteiger partial charge is 0.280 e. The molecule has 29 heavy (non-hydrogen) atoms. The summed E-state index contributed by atoms with van der Waals surface area (Å²) < 4.78 is 28.6. The lowest BCUT2D eigenvalue weighted by Crippen LogP contribution is -2.32. The minimum absolute atomic E-state index is 0.0576. The van der Waals surface area contributed by atoms with Crippen LogP contribution in [0.5, 0.6) is 0 Å². The Hall–Kier alpha value is -2.45. The molecule has 2 aromatic rings. The first-order chi connectivity index (χ1) is 13.8. The summed E-state index contributed by atoms with van der Waals surface area (Å²) in [6.45, 7) is 0. The van der Waals surface area contributed by atoms with Crippen LogP contribution in [0.4, 0.5) is 11.4 Å². The van der Waals surface area contributed by atoms with Gasteiger partial charge in [0.25, 0.3) is 10.0 Å².